The predicted molar refractivity (Wildman–Crippen MR) is 84.3 cm³/mol. The highest BCUT2D eigenvalue weighted by Crippen LogP contribution is 2.39. The molecule has 2 aromatic heterocycles. The number of hydrogen-bond donors (Lipinski definition) is 2. The molecule has 3 heterocycles. The van der Waals surface area contributed by atoms with Crippen molar-refractivity contribution in [2.75, 3.05) is 6.54 Å². The summed E-state index contributed by atoms with van der Waals surface area (Å²) in [6.45, 7) is 3.23. The van der Waals surface area contributed by atoms with Crippen molar-refractivity contribution in [3.05, 3.63) is 53.5 Å². The Kier molecular flexibility index (Phi) is 2.69. The zero-order chi connectivity index (χ0) is 14.4. The van der Waals surface area contributed by atoms with Gasteiger partial charge in [-0.3, -0.25) is 4.68 Å². The van der Waals surface area contributed by atoms with Gasteiger partial charge < -0.3 is 10.3 Å². The maximum atomic E-state index is 4.37. The standard InChI is InChI=1S/C17H20N4/c1-3-17(12-10-19-21(2)11-12)16-14(8-9-18-17)13-6-4-5-7-15(13)20-16/h4-7,10-11,18,20H,3,8-9H2,1-2H3. The monoisotopic (exact) mass is 280 g/mol. The van der Waals surface area contributed by atoms with Crippen molar-refractivity contribution in [2.24, 2.45) is 7.05 Å². The average Bonchev–Trinajstić information content (AvgIpc) is 3.11. The Morgan fingerprint density at radius 3 is 2.95 bits per heavy atom. The smallest absolute Gasteiger partial charge is 0.0872 e. The van der Waals surface area contributed by atoms with E-state index in [1.54, 1.807) is 0 Å². The maximum absolute atomic E-state index is 4.37. The molecule has 1 atom stereocenters. The van der Waals surface area contributed by atoms with Gasteiger partial charge in [0.1, 0.15) is 0 Å². The topological polar surface area (TPSA) is 45.6 Å². The van der Waals surface area contributed by atoms with Crippen LogP contribution in [-0.4, -0.2) is 21.3 Å². The summed E-state index contributed by atoms with van der Waals surface area (Å²) < 4.78 is 1.88. The van der Waals surface area contributed by atoms with Crippen LogP contribution in [0.1, 0.15) is 30.2 Å². The van der Waals surface area contributed by atoms with Gasteiger partial charge in [-0.15, -0.1) is 0 Å². The molecule has 0 radical (unpaired) electrons. The van der Waals surface area contributed by atoms with Crippen LogP contribution in [0.15, 0.2) is 36.7 Å². The molecule has 0 bridgehead atoms. The average molecular weight is 280 g/mol. The van der Waals surface area contributed by atoms with Gasteiger partial charge in [-0.2, -0.15) is 5.10 Å². The summed E-state index contributed by atoms with van der Waals surface area (Å²) in [6.07, 6.45) is 6.17. The number of rotatable bonds is 2. The first-order chi connectivity index (χ1) is 10.2. The molecule has 21 heavy (non-hydrogen) atoms. The minimum Gasteiger partial charge on any atom is -0.356 e. The molecule has 2 N–H and O–H groups in total. The summed E-state index contributed by atoms with van der Waals surface area (Å²) in [4.78, 5) is 3.67. The van der Waals surface area contributed by atoms with Gasteiger partial charge in [-0.1, -0.05) is 25.1 Å². The van der Waals surface area contributed by atoms with Crippen LogP contribution in [0.25, 0.3) is 10.9 Å². The second-order valence-corrected chi connectivity index (χ2v) is 5.86. The molecule has 0 spiro atoms. The summed E-state index contributed by atoms with van der Waals surface area (Å²) in [7, 11) is 1.97. The van der Waals surface area contributed by atoms with E-state index in [1.807, 2.05) is 17.9 Å². The van der Waals surface area contributed by atoms with Gasteiger partial charge in [0.2, 0.25) is 0 Å². The third-order valence-corrected chi connectivity index (χ3v) is 4.77. The number of aromatic nitrogens is 3. The van der Waals surface area contributed by atoms with Crippen molar-refractivity contribution in [3.8, 4) is 0 Å². The molecule has 0 aliphatic carbocycles. The number of H-pyrrole nitrogens is 1. The highest BCUT2D eigenvalue weighted by molar-refractivity contribution is 5.85. The number of para-hydroxylation sites is 1. The van der Waals surface area contributed by atoms with E-state index in [0.29, 0.717) is 0 Å². The molecular weight excluding hydrogens is 260 g/mol. The van der Waals surface area contributed by atoms with Gasteiger partial charge in [0.25, 0.3) is 0 Å². The minimum atomic E-state index is -0.152. The molecule has 0 amide bonds. The van der Waals surface area contributed by atoms with Crippen molar-refractivity contribution in [3.63, 3.8) is 0 Å². The lowest BCUT2D eigenvalue weighted by Gasteiger charge is -2.37. The second kappa shape index (κ2) is 4.46. The largest absolute Gasteiger partial charge is 0.356 e. The lowest BCUT2D eigenvalue weighted by atomic mass is 9.80. The Morgan fingerprint density at radius 2 is 2.19 bits per heavy atom. The summed E-state index contributed by atoms with van der Waals surface area (Å²) in [5.74, 6) is 0. The second-order valence-electron chi connectivity index (χ2n) is 5.86. The van der Waals surface area contributed by atoms with Crippen LogP contribution in [0.5, 0.6) is 0 Å². The molecule has 0 saturated heterocycles. The van der Waals surface area contributed by atoms with E-state index >= 15 is 0 Å². The van der Waals surface area contributed by atoms with Gasteiger partial charge in [0.05, 0.1) is 11.7 Å². The molecule has 4 nitrogen and oxygen atoms in total. The van der Waals surface area contributed by atoms with Gasteiger partial charge in [0.15, 0.2) is 0 Å². The van der Waals surface area contributed by atoms with Gasteiger partial charge in [-0.05, 0) is 24.5 Å². The molecule has 4 rings (SSSR count). The van der Waals surface area contributed by atoms with Crippen molar-refractivity contribution in [1.82, 2.24) is 20.1 Å². The van der Waals surface area contributed by atoms with Gasteiger partial charge in [0, 0.05) is 41.9 Å². The minimum absolute atomic E-state index is 0.152. The Bertz CT molecular complexity index is 798. The molecule has 1 aliphatic heterocycles. The molecule has 0 saturated carbocycles. The summed E-state index contributed by atoms with van der Waals surface area (Å²) >= 11 is 0. The maximum Gasteiger partial charge on any atom is 0.0872 e. The van der Waals surface area contributed by atoms with Crippen LogP contribution in [0.3, 0.4) is 0 Å². The van der Waals surface area contributed by atoms with E-state index in [2.05, 4.69) is 52.8 Å². The Balaban J connectivity index is 2.00. The first kappa shape index (κ1) is 12.7. The number of aromatic amines is 1. The van der Waals surface area contributed by atoms with E-state index < -0.39 is 0 Å². The van der Waals surface area contributed by atoms with Gasteiger partial charge >= 0.3 is 0 Å². The highest BCUT2D eigenvalue weighted by atomic mass is 15.2. The SMILES string of the molecule is CCC1(c2cnn(C)c2)NCCc2c1[nH]c1ccccc21. The fraction of sp³-hybridized carbons (Fsp3) is 0.353. The fourth-order valence-corrected chi connectivity index (χ4v) is 3.71. The van der Waals surface area contributed by atoms with Crippen LogP contribution in [-0.2, 0) is 19.0 Å². The van der Waals surface area contributed by atoms with Crippen LogP contribution < -0.4 is 5.32 Å². The summed E-state index contributed by atoms with van der Waals surface area (Å²) in [5.41, 5.74) is 5.08. The van der Waals surface area contributed by atoms with E-state index in [9.17, 15) is 0 Å². The number of nitrogens with one attached hydrogen (secondary N) is 2. The van der Waals surface area contributed by atoms with Crippen molar-refractivity contribution in [2.45, 2.75) is 25.3 Å². The number of aryl methyl sites for hydroxylation is 1. The van der Waals surface area contributed by atoms with Crippen LogP contribution >= 0.6 is 0 Å². The predicted octanol–water partition coefficient (Wildman–Crippen LogP) is 2.70. The molecular formula is C17H20N4. The van der Waals surface area contributed by atoms with E-state index in [1.165, 1.54) is 27.7 Å². The lowest BCUT2D eigenvalue weighted by Crippen LogP contribution is -2.47. The van der Waals surface area contributed by atoms with Crippen molar-refractivity contribution in [1.29, 1.82) is 0 Å². The third kappa shape index (κ3) is 1.69. The quantitative estimate of drug-likeness (QED) is 0.758. The molecule has 0 fully saturated rings. The van der Waals surface area contributed by atoms with Crippen molar-refractivity contribution >= 4 is 10.9 Å². The van der Waals surface area contributed by atoms with Crippen LogP contribution in [0.2, 0.25) is 0 Å². The summed E-state index contributed by atoms with van der Waals surface area (Å²) in [5, 5.41) is 9.48. The fourth-order valence-electron chi connectivity index (χ4n) is 3.71. The molecule has 3 aromatic rings. The molecule has 1 aromatic carbocycles. The normalized spacial score (nSPS) is 21.6. The first-order valence-corrected chi connectivity index (χ1v) is 7.59. The number of hydrogen-bond acceptors (Lipinski definition) is 2. The molecule has 1 unspecified atom stereocenters. The number of fused-ring (bicyclic) bond motifs is 3. The van der Waals surface area contributed by atoms with Gasteiger partial charge in [-0.25, -0.2) is 0 Å². The van der Waals surface area contributed by atoms with E-state index in [4.69, 9.17) is 0 Å². The van der Waals surface area contributed by atoms with Crippen LogP contribution in [0.4, 0.5) is 0 Å². The highest BCUT2D eigenvalue weighted by Gasteiger charge is 2.39. The van der Waals surface area contributed by atoms with E-state index in [-0.39, 0.29) is 5.54 Å². The first-order valence-electron chi connectivity index (χ1n) is 7.59. The zero-order valence-corrected chi connectivity index (χ0v) is 12.5. The number of nitrogens with zero attached hydrogens (tertiary/aromatic N) is 2. The molecule has 1 aliphatic rings. The van der Waals surface area contributed by atoms with E-state index in [0.717, 1.165) is 19.4 Å². The molecule has 4 heteroatoms. The Hall–Kier alpha value is -2.07. The number of benzene rings is 1. The Morgan fingerprint density at radius 1 is 1.33 bits per heavy atom. The van der Waals surface area contributed by atoms with Crippen molar-refractivity contribution < 1.29 is 0 Å². The van der Waals surface area contributed by atoms with Crippen LogP contribution in [0, 0.1) is 0 Å². The summed E-state index contributed by atoms with van der Waals surface area (Å²) in [6, 6.07) is 8.60. The zero-order valence-electron chi connectivity index (χ0n) is 12.5. The third-order valence-electron chi connectivity index (χ3n) is 4.77. The lowest BCUT2D eigenvalue weighted by molar-refractivity contribution is 0.360. The Labute approximate surface area is 124 Å². The molecule has 108 valence electrons.